The number of aromatic nitrogens is 1. The first-order valence-electron chi connectivity index (χ1n) is 6.56. The lowest BCUT2D eigenvalue weighted by Crippen LogP contribution is -2.38. The summed E-state index contributed by atoms with van der Waals surface area (Å²) < 4.78 is 0. The first-order valence-corrected chi connectivity index (χ1v) is 6.56. The Kier molecular flexibility index (Phi) is 4.51. The van der Waals surface area contributed by atoms with Gasteiger partial charge in [-0.1, -0.05) is 0 Å². The number of aryl methyl sites for hydroxylation is 1. The van der Waals surface area contributed by atoms with Crippen molar-refractivity contribution in [2.75, 3.05) is 26.7 Å². The Morgan fingerprint density at radius 3 is 3.18 bits per heavy atom. The van der Waals surface area contributed by atoms with Gasteiger partial charge < -0.3 is 5.32 Å². The number of rotatable bonds is 4. The summed E-state index contributed by atoms with van der Waals surface area (Å²) in [5.41, 5.74) is 2.73. The minimum Gasteiger partial charge on any atom is -0.319 e. The highest BCUT2D eigenvalue weighted by atomic mass is 15.1. The van der Waals surface area contributed by atoms with Gasteiger partial charge in [0.05, 0.1) is 0 Å². The van der Waals surface area contributed by atoms with E-state index in [0.717, 1.165) is 19.0 Å². The molecule has 2 heterocycles. The van der Waals surface area contributed by atoms with Crippen molar-refractivity contribution in [1.29, 1.82) is 0 Å². The molecule has 0 spiro atoms. The normalized spacial score (nSPS) is 21.6. The van der Waals surface area contributed by atoms with Gasteiger partial charge in [-0.3, -0.25) is 9.88 Å². The van der Waals surface area contributed by atoms with E-state index in [2.05, 4.69) is 28.2 Å². The van der Waals surface area contributed by atoms with Crippen LogP contribution in [0.25, 0.3) is 0 Å². The zero-order valence-electron chi connectivity index (χ0n) is 10.9. The quantitative estimate of drug-likeness (QED) is 0.860. The molecule has 1 aliphatic rings. The van der Waals surface area contributed by atoms with Crippen LogP contribution in [0.1, 0.15) is 24.0 Å². The third-order valence-corrected chi connectivity index (χ3v) is 3.64. The van der Waals surface area contributed by atoms with Crippen LogP contribution < -0.4 is 5.32 Å². The van der Waals surface area contributed by atoms with E-state index in [1.165, 1.54) is 37.1 Å². The van der Waals surface area contributed by atoms with Gasteiger partial charge in [0.1, 0.15) is 0 Å². The summed E-state index contributed by atoms with van der Waals surface area (Å²) in [7, 11) is 2.05. The molecule has 17 heavy (non-hydrogen) atoms. The Hall–Kier alpha value is -0.930. The fraction of sp³-hybridized carbons (Fsp3) is 0.643. The van der Waals surface area contributed by atoms with E-state index in [9.17, 15) is 0 Å². The molecule has 0 saturated carbocycles. The van der Waals surface area contributed by atoms with Crippen molar-refractivity contribution in [3.63, 3.8) is 0 Å². The Morgan fingerprint density at radius 1 is 1.53 bits per heavy atom. The van der Waals surface area contributed by atoms with Crippen LogP contribution >= 0.6 is 0 Å². The highest BCUT2D eigenvalue weighted by molar-refractivity contribution is 5.21. The minimum atomic E-state index is 0.811. The van der Waals surface area contributed by atoms with E-state index in [1.54, 1.807) is 0 Å². The molecule has 3 nitrogen and oxygen atoms in total. The van der Waals surface area contributed by atoms with Gasteiger partial charge in [-0.05, 0) is 63.0 Å². The molecule has 0 amide bonds. The number of pyridine rings is 1. The molecule has 2 rings (SSSR count). The number of nitrogens with zero attached hydrogens (tertiary/aromatic N) is 2. The van der Waals surface area contributed by atoms with Gasteiger partial charge in [0, 0.05) is 25.5 Å². The second-order valence-electron chi connectivity index (χ2n) is 5.10. The van der Waals surface area contributed by atoms with Crippen molar-refractivity contribution < 1.29 is 0 Å². The Balaban J connectivity index is 1.92. The summed E-state index contributed by atoms with van der Waals surface area (Å²) in [6, 6.07) is 2.10. The van der Waals surface area contributed by atoms with Crippen LogP contribution in [-0.2, 0) is 6.54 Å². The molecule has 1 unspecified atom stereocenters. The van der Waals surface area contributed by atoms with Gasteiger partial charge in [-0.2, -0.15) is 0 Å². The molecule has 0 aromatic carbocycles. The van der Waals surface area contributed by atoms with Crippen LogP contribution in [0, 0.1) is 12.8 Å². The summed E-state index contributed by atoms with van der Waals surface area (Å²) in [6.45, 7) is 6.82. The summed E-state index contributed by atoms with van der Waals surface area (Å²) in [4.78, 5) is 6.79. The van der Waals surface area contributed by atoms with Gasteiger partial charge in [0.2, 0.25) is 0 Å². The number of likely N-dealkylation sites (tertiary alicyclic amines) is 1. The van der Waals surface area contributed by atoms with Crippen LogP contribution in [0.15, 0.2) is 18.5 Å². The predicted octanol–water partition coefficient (Wildman–Crippen LogP) is 1.82. The zero-order valence-corrected chi connectivity index (χ0v) is 10.9. The second-order valence-corrected chi connectivity index (χ2v) is 5.10. The molecule has 1 aliphatic heterocycles. The SMILES string of the molecule is CNCC1CCCN(Cc2cnccc2C)C1. The Morgan fingerprint density at radius 2 is 2.41 bits per heavy atom. The fourth-order valence-electron chi connectivity index (χ4n) is 2.65. The van der Waals surface area contributed by atoms with Crippen molar-refractivity contribution in [2.45, 2.75) is 26.3 Å². The molecule has 0 radical (unpaired) electrons. The van der Waals surface area contributed by atoms with E-state index < -0.39 is 0 Å². The molecular weight excluding hydrogens is 210 g/mol. The number of nitrogens with one attached hydrogen (secondary N) is 1. The number of piperidine rings is 1. The van der Waals surface area contributed by atoms with Crippen molar-refractivity contribution in [3.05, 3.63) is 29.6 Å². The zero-order chi connectivity index (χ0) is 12.1. The van der Waals surface area contributed by atoms with Crippen LogP contribution in [0.2, 0.25) is 0 Å². The van der Waals surface area contributed by atoms with Gasteiger partial charge in [-0.15, -0.1) is 0 Å². The highest BCUT2D eigenvalue weighted by Gasteiger charge is 2.19. The second kappa shape index (κ2) is 6.12. The van der Waals surface area contributed by atoms with E-state index >= 15 is 0 Å². The summed E-state index contributed by atoms with van der Waals surface area (Å²) >= 11 is 0. The van der Waals surface area contributed by atoms with Crippen molar-refractivity contribution >= 4 is 0 Å². The third kappa shape index (κ3) is 3.51. The average Bonchev–Trinajstić information content (AvgIpc) is 2.33. The maximum Gasteiger partial charge on any atom is 0.0315 e. The van der Waals surface area contributed by atoms with Gasteiger partial charge >= 0.3 is 0 Å². The molecule has 0 aliphatic carbocycles. The van der Waals surface area contributed by atoms with Crippen LogP contribution in [0.5, 0.6) is 0 Å². The lowest BCUT2D eigenvalue weighted by atomic mass is 9.97. The van der Waals surface area contributed by atoms with Crippen LogP contribution in [0.3, 0.4) is 0 Å². The lowest BCUT2D eigenvalue weighted by molar-refractivity contribution is 0.166. The van der Waals surface area contributed by atoms with E-state index in [1.807, 2.05) is 19.4 Å². The molecule has 3 heteroatoms. The van der Waals surface area contributed by atoms with Gasteiger partial charge in [0.15, 0.2) is 0 Å². The van der Waals surface area contributed by atoms with E-state index in [0.29, 0.717) is 0 Å². The van der Waals surface area contributed by atoms with Crippen LogP contribution in [-0.4, -0.2) is 36.6 Å². The Bertz CT molecular complexity index is 349. The monoisotopic (exact) mass is 233 g/mol. The van der Waals surface area contributed by atoms with Crippen molar-refractivity contribution in [2.24, 2.45) is 5.92 Å². The number of hydrogen-bond acceptors (Lipinski definition) is 3. The molecule has 1 aromatic rings. The molecule has 1 N–H and O–H groups in total. The maximum absolute atomic E-state index is 4.23. The smallest absolute Gasteiger partial charge is 0.0315 e. The van der Waals surface area contributed by atoms with Gasteiger partial charge in [0.25, 0.3) is 0 Å². The first kappa shape index (κ1) is 12.5. The Labute approximate surface area is 104 Å². The minimum absolute atomic E-state index is 0.811. The lowest BCUT2D eigenvalue weighted by Gasteiger charge is -2.32. The molecular formula is C14H23N3. The molecule has 1 fully saturated rings. The topological polar surface area (TPSA) is 28.2 Å². The molecule has 1 atom stereocenters. The number of hydrogen-bond donors (Lipinski definition) is 1. The first-order chi connectivity index (χ1) is 8.29. The molecule has 1 saturated heterocycles. The summed E-state index contributed by atoms with van der Waals surface area (Å²) in [5, 5.41) is 3.29. The maximum atomic E-state index is 4.23. The molecule has 94 valence electrons. The third-order valence-electron chi connectivity index (χ3n) is 3.64. The molecule has 1 aromatic heterocycles. The van der Waals surface area contributed by atoms with E-state index in [-0.39, 0.29) is 0 Å². The largest absolute Gasteiger partial charge is 0.319 e. The highest BCUT2D eigenvalue weighted by Crippen LogP contribution is 2.18. The average molecular weight is 233 g/mol. The van der Waals surface area contributed by atoms with E-state index in [4.69, 9.17) is 0 Å². The predicted molar refractivity (Wildman–Crippen MR) is 70.9 cm³/mol. The van der Waals surface area contributed by atoms with Gasteiger partial charge in [-0.25, -0.2) is 0 Å². The standard InChI is InChI=1S/C14H23N3/c1-12-5-6-16-9-14(12)11-17-7-3-4-13(10-17)8-15-2/h5-6,9,13,15H,3-4,7-8,10-11H2,1-2H3. The van der Waals surface area contributed by atoms with Crippen molar-refractivity contribution in [1.82, 2.24) is 15.2 Å². The summed E-state index contributed by atoms with van der Waals surface area (Å²) in [5.74, 6) is 0.811. The van der Waals surface area contributed by atoms with Crippen molar-refractivity contribution in [3.8, 4) is 0 Å². The summed E-state index contributed by atoms with van der Waals surface area (Å²) in [6.07, 6.45) is 6.57. The van der Waals surface area contributed by atoms with Crippen LogP contribution in [0.4, 0.5) is 0 Å². The molecule has 0 bridgehead atoms. The fourth-order valence-corrected chi connectivity index (χ4v) is 2.65.